The van der Waals surface area contributed by atoms with E-state index in [2.05, 4.69) is 15.3 Å². The minimum absolute atomic E-state index is 0.0487. The summed E-state index contributed by atoms with van der Waals surface area (Å²) < 4.78 is 37.8. The highest BCUT2D eigenvalue weighted by Gasteiger charge is 2.32. The lowest BCUT2D eigenvalue weighted by Gasteiger charge is -2.06. The van der Waals surface area contributed by atoms with Gasteiger partial charge in [-0.2, -0.15) is 13.2 Å². The summed E-state index contributed by atoms with van der Waals surface area (Å²) >= 11 is 2.16. The lowest BCUT2D eigenvalue weighted by molar-refractivity contribution is -0.141. The van der Waals surface area contributed by atoms with E-state index in [0.717, 1.165) is 28.9 Å². The molecular formula is C15H14F3N3O2S2. The van der Waals surface area contributed by atoms with Crippen molar-refractivity contribution >= 4 is 34.8 Å². The third-order valence-corrected chi connectivity index (χ3v) is 4.99. The number of thiophene rings is 1. The predicted octanol–water partition coefficient (Wildman–Crippen LogP) is 3.21. The summed E-state index contributed by atoms with van der Waals surface area (Å²) in [7, 11) is 0. The molecule has 0 fully saturated rings. The summed E-state index contributed by atoms with van der Waals surface area (Å²) in [6.07, 6.45) is -2.91. The molecule has 2 aromatic heterocycles. The van der Waals surface area contributed by atoms with Gasteiger partial charge in [0.15, 0.2) is 10.9 Å². The smallest absolute Gasteiger partial charge is 0.356 e. The number of nitrogens with zero attached hydrogens (tertiary/aromatic N) is 2. The molecule has 0 aromatic carbocycles. The van der Waals surface area contributed by atoms with E-state index in [0.29, 0.717) is 17.8 Å². The molecule has 10 heteroatoms. The zero-order valence-electron chi connectivity index (χ0n) is 13.1. The number of carbonyl (C=O) groups excluding carboxylic acids is 2. The average molecular weight is 389 g/mol. The molecule has 0 aliphatic rings. The number of hydrogen-bond acceptors (Lipinski definition) is 6. The van der Waals surface area contributed by atoms with Gasteiger partial charge in [0.1, 0.15) is 5.69 Å². The van der Waals surface area contributed by atoms with Gasteiger partial charge in [0.25, 0.3) is 0 Å². The highest BCUT2D eigenvalue weighted by Crippen LogP contribution is 2.28. The minimum atomic E-state index is -4.54. The van der Waals surface area contributed by atoms with Crippen molar-refractivity contribution in [3.05, 3.63) is 39.8 Å². The molecule has 0 spiro atoms. The zero-order valence-corrected chi connectivity index (χ0v) is 14.7. The Morgan fingerprint density at radius 3 is 2.72 bits per heavy atom. The lowest BCUT2D eigenvalue weighted by Crippen LogP contribution is -2.22. The van der Waals surface area contributed by atoms with Crippen LogP contribution < -0.4 is 5.32 Å². The van der Waals surface area contributed by atoms with Gasteiger partial charge in [-0.3, -0.25) is 9.59 Å². The van der Waals surface area contributed by atoms with Crippen LogP contribution in [-0.2, 0) is 17.4 Å². The van der Waals surface area contributed by atoms with Gasteiger partial charge in [-0.1, -0.05) is 11.8 Å². The molecule has 5 nitrogen and oxygen atoms in total. The van der Waals surface area contributed by atoms with Crippen LogP contribution in [0.1, 0.15) is 27.2 Å². The van der Waals surface area contributed by atoms with Crippen molar-refractivity contribution in [1.82, 2.24) is 15.3 Å². The Bertz CT molecular complexity index is 762. The van der Waals surface area contributed by atoms with Crippen molar-refractivity contribution in [3.63, 3.8) is 0 Å². The van der Waals surface area contributed by atoms with Crippen LogP contribution in [0.2, 0.25) is 0 Å². The zero-order chi connectivity index (χ0) is 18.4. The first-order valence-electron chi connectivity index (χ1n) is 7.15. The number of alkyl halides is 3. The molecule has 25 heavy (non-hydrogen) atoms. The standard InChI is InChI=1S/C15H14F3N3O2S2/c1-9(22)19-6-4-10-2-3-12(25-10)11(23)8-24-14-20-7-5-13(21-14)15(16,17)18/h2-3,5,7H,4,6,8H2,1H3,(H,19,22). The van der Waals surface area contributed by atoms with Crippen molar-refractivity contribution in [2.24, 2.45) is 0 Å². The number of hydrogen-bond donors (Lipinski definition) is 1. The number of aromatic nitrogens is 2. The van der Waals surface area contributed by atoms with Crippen LogP contribution in [0.4, 0.5) is 13.2 Å². The second-order valence-corrected chi connectivity index (χ2v) is 7.04. The molecular weight excluding hydrogens is 375 g/mol. The van der Waals surface area contributed by atoms with E-state index in [1.165, 1.54) is 18.3 Å². The second-order valence-electron chi connectivity index (χ2n) is 4.93. The SMILES string of the molecule is CC(=O)NCCc1ccc(C(=O)CSc2nccc(C(F)(F)F)n2)s1. The Morgan fingerprint density at radius 2 is 2.04 bits per heavy atom. The molecule has 0 saturated carbocycles. The molecule has 1 amide bonds. The van der Waals surface area contributed by atoms with Crippen molar-refractivity contribution < 1.29 is 22.8 Å². The molecule has 134 valence electrons. The van der Waals surface area contributed by atoms with Crippen LogP contribution in [0.5, 0.6) is 0 Å². The van der Waals surface area contributed by atoms with E-state index in [1.807, 2.05) is 0 Å². The second kappa shape index (κ2) is 8.43. The fraction of sp³-hybridized carbons (Fsp3) is 0.333. The first-order chi connectivity index (χ1) is 11.8. The summed E-state index contributed by atoms with van der Waals surface area (Å²) in [6, 6.07) is 4.25. The van der Waals surface area contributed by atoms with E-state index in [1.54, 1.807) is 12.1 Å². The Morgan fingerprint density at radius 1 is 1.28 bits per heavy atom. The van der Waals surface area contributed by atoms with E-state index >= 15 is 0 Å². The number of halogens is 3. The largest absolute Gasteiger partial charge is 0.433 e. The van der Waals surface area contributed by atoms with Gasteiger partial charge < -0.3 is 5.32 Å². The highest BCUT2D eigenvalue weighted by molar-refractivity contribution is 7.99. The van der Waals surface area contributed by atoms with E-state index in [9.17, 15) is 22.8 Å². The van der Waals surface area contributed by atoms with Gasteiger partial charge in [-0.25, -0.2) is 9.97 Å². The van der Waals surface area contributed by atoms with Crippen LogP contribution in [0.25, 0.3) is 0 Å². The number of thioether (sulfide) groups is 1. The third-order valence-electron chi connectivity index (χ3n) is 2.94. The summed E-state index contributed by atoms with van der Waals surface area (Å²) in [5, 5.41) is 2.57. The Kier molecular flexibility index (Phi) is 6.54. The number of nitrogens with one attached hydrogen (secondary N) is 1. The number of carbonyl (C=O) groups is 2. The molecule has 0 atom stereocenters. The Labute approximate surface area is 150 Å². The van der Waals surface area contributed by atoms with Crippen molar-refractivity contribution in [3.8, 4) is 0 Å². The molecule has 0 unspecified atom stereocenters. The predicted molar refractivity (Wildman–Crippen MR) is 88.8 cm³/mol. The van der Waals surface area contributed by atoms with Gasteiger partial charge in [0.05, 0.1) is 10.6 Å². The highest BCUT2D eigenvalue weighted by atomic mass is 32.2. The van der Waals surface area contributed by atoms with Crippen LogP contribution in [0, 0.1) is 0 Å². The van der Waals surface area contributed by atoms with Crippen LogP contribution in [0.3, 0.4) is 0 Å². The number of amides is 1. The molecule has 0 radical (unpaired) electrons. The number of Topliss-reactive ketones (excluding diaryl/α,β-unsaturated/α-hetero) is 1. The van der Waals surface area contributed by atoms with Crippen molar-refractivity contribution in [2.45, 2.75) is 24.7 Å². The fourth-order valence-corrected chi connectivity index (χ4v) is 3.54. The van der Waals surface area contributed by atoms with E-state index in [-0.39, 0.29) is 22.6 Å². The third kappa shape index (κ3) is 6.13. The Balaban J connectivity index is 1.90. The van der Waals surface area contributed by atoms with Crippen molar-refractivity contribution in [1.29, 1.82) is 0 Å². The maximum absolute atomic E-state index is 12.6. The summed E-state index contributed by atoms with van der Waals surface area (Å²) in [5.41, 5.74) is -1.03. The molecule has 0 bridgehead atoms. The van der Waals surface area contributed by atoms with Crippen LogP contribution in [0.15, 0.2) is 29.6 Å². The van der Waals surface area contributed by atoms with E-state index < -0.39 is 11.9 Å². The monoisotopic (exact) mass is 389 g/mol. The fourth-order valence-electron chi connectivity index (χ4n) is 1.79. The topological polar surface area (TPSA) is 72.0 Å². The van der Waals surface area contributed by atoms with E-state index in [4.69, 9.17) is 0 Å². The molecule has 2 heterocycles. The maximum Gasteiger partial charge on any atom is 0.433 e. The molecule has 1 N–H and O–H groups in total. The first kappa shape index (κ1) is 19.4. The van der Waals surface area contributed by atoms with Crippen molar-refractivity contribution in [2.75, 3.05) is 12.3 Å². The number of ketones is 1. The summed E-state index contributed by atoms with van der Waals surface area (Å²) in [6.45, 7) is 1.91. The average Bonchev–Trinajstić information content (AvgIpc) is 3.01. The van der Waals surface area contributed by atoms with Gasteiger partial charge in [-0.15, -0.1) is 11.3 Å². The summed E-state index contributed by atoms with van der Waals surface area (Å²) in [4.78, 5) is 31.6. The quantitative estimate of drug-likeness (QED) is 0.447. The summed E-state index contributed by atoms with van der Waals surface area (Å²) in [5.74, 6) is -0.375. The lowest BCUT2D eigenvalue weighted by atomic mass is 10.3. The molecule has 2 rings (SSSR count). The van der Waals surface area contributed by atoms with Crippen LogP contribution in [-0.4, -0.2) is 34.0 Å². The molecule has 0 saturated heterocycles. The van der Waals surface area contributed by atoms with Gasteiger partial charge in [-0.05, 0) is 24.6 Å². The maximum atomic E-state index is 12.6. The van der Waals surface area contributed by atoms with Crippen LogP contribution >= 0.6 is 23.1 Å². The van der Waals surface area contributed by atoms with Gasteiger partial charge in [0, 0.05) is 24.5 Å². The van der Waals surface area contributed by atoms with Gasteiger partial charge in [0.2, 0.25) is 5.91 Å². The molecule has 2 aromatic rings. The first-order valence-corrected chi connectivity index (χ1v) is 8.95. The normalized spacial score (nSPS) is 11.4. The van der Waals surface area contributed by atoms with Gasteiger partial charge >= 0.3 is 6.18 Å². The number of rotatable bonds is 7. The molecule has 0 aliphatic carbocycles. The minimum Gasteiger partial charge on any atom is -0.356 e. The molecule has 0 aliphatic heterocycles. The Hall–Kier alpha value is -1.94.